The van der Waals surface area contributed by atoms with Gasteiger partial charge in [-0.05, 0) is 31.0 Å². The molecule has 0 bridgehead atoms. The summed E-state index contributed by atoms with van der Waals surface area (Å²) in [5.41, 5.74) is 0.595. The Kier molecular flexibility index (Phi) is 5.42. The zero-order valence-corrected chi connectivity index (χ0v) is 13.7. The zero-order chi connectivity index (χ0) is 13.8. The minimum absolute atomic E-state index is 0.132. The largest absolute Gasteiger partial charge is 0.391 e. The van der Waals surface area contributed by atoms with Crippen LogP contribution in [0.25, 0.3) is 0 Å². The summed E-state index contributed by atoms with van der Waals surface area (Å²) in [6.45, 7) is 0. The Bertz CT molecular complexity index is 445. The number of rotatable bonds is 2. The van der Waals surface area contributed by atoms with E-state index in [-0.39, 0.29) is 11.9 Å². The second-order valence-corrected chi connectivity index (χ2v) is 6.77. The number of aliphatic hydroxyl groups excluding tert-OH is 1. The first-order chi connectivity index (χ1) is 9.06. The molecule has 5 heteroatoms. The van der Waals surface area contributed by atoms with Gasteiger partial charge in [-0.15, -0.1) is 0 Å². The van der Waals surface area contributed by atoms with Crippen molar-refractivity contribution in [3.8, 4) is 0 Å². The van der Waals surface area contributed by atoms with Crippen LogP contribution in [0.3, 0.4) is 0 Å². The molecule has 104 valence electrons. The van der Waals surface area contributed by atoms with E-state index in [0.29, 0.717) is 5.56 Å². The Morgan fingerprint density at radius 1 is 1.11 bits per heavy atom. The molecule has 2 rings (SSSR count). The summed E-state index contributed by atoms with van der Waals surface area (Å²) in [6.07, 6.45) is 4.42. The highest BCUT2D eigenvalue weighted by Crippen LogP contribution is 2.22. The average molecular weight is 391 g/mol. The Morgan fingerprint density at radius 2 is 1.74 bits per heavy atom. The molecule has 2 unspecified atom stereocenters. The second kappa shape index (κ2) is 6.86. The van der Waals surface area contributed by atoms with Crippen molar-refractivity contribution >= 4 is 37.8 Å². The first kappa shape index (κ1) is 15.0. The number of hydrogen-bond acceptors (Lipinski definition) is 2. The van der Waals surface area contributed by atoms with Crippen molar-refractivity contribution in [2.75, 3.05) is 0 Å². The second-order valence-electron chi connectivity index (χ2n) is 4.94. The van der Waals surface area contributed by atoms with Crippen LogP contribution < -0.4 is 5.32 Å². The third-order valence-corrected chi connectivity index (χ3v) is 4.34. The molecule has 2 atom stereocenters. The standard InChI is InChI=1S/C14H17Br2NO2/c15-10-6-9(7-11(16)8-10)14(19)17-12-4-2-1-3-5-13(12)18/h6-8,12-13,18H,1-5H2,(H,17,19). The van der Waals surface area contributed by atoms with Crippen molar-refractivity contribution in [1.82, 2.24) is 5.32 Å². The van der Waals surface area contributed by atoms with Crippen molar-refractivity contribution < 1.29 is 9.90 Å². The summed E-state index contributed by atoms with van der Waals surface area (Å²) in [4.78, 5) is 12.2. The van der Waals surface area contributed by atoms with Crippen LogP contribution in [0.1, 0.15) is 42.5 Å². The Balaban J connectivity index is 2.07. The molecule has 0 saturated heterocycles. The highest BCUT2D eigenvalue weighted by molar-refractivity contribution is 9.11. The minimum atomic E-state index is -0.429. The molecule has 1 aromatic rings. The lowest BCUT2D eigenvalue weighted by atomic mass is 10.1. The van der Waals surface area contributed by atoms with E-state index in [0.717, 1.165) is 41.0 Å². The summed E-state index contributed by atoms with van der Waals surface area (Å²) in [5, 5.41) is 13.0. The van der Waals surface area contributed by atoms with E-state index >= 15 is 0 Å². The molecule has 0 aliphatic heterocycles. The van der Waals surface area contributed by atoms with Gasteiger partial charge < -0.3 is 10.4 Å². The molecule has 1 aliphatic carbocycles. The SMILES string of the molecule is O=C(NC1CCCCCC1O)c1cc(Br)cc(Br)c1. The summed E-state index contributed by atoms with van der Waals surface area (Å²) in [5.74, 6) is -0.132. The summed E-state index contributed by atoms with van der Waals surface area (Å²) in [7, 11) is 0. The lowest BCUT2D eigenvalue weighted by Gasteiger charge is -2.21. The van der Waals surface area contributed by atoms with Gasteiger partial charge in [-0.1, -0.05) is 51.1 Å². The molecule has 1 amide bonds. The van der Waals surface area contributed by atoms with Gasteiger partial charge in [-0.3, -0.25) is 4.79 Å². The van der Waals surface area contributed by atoms with E-state index in [4.69, 9.17) is 0 Å². The van der Waals surface area contributed by atoms with Crippen LogP contribution >= 0.6 is 31.9 Å². The third-order valence-electron chi connectivity index (χ3n) is 3.42. The van der Waals surface area contributed by atoms with Gasteiger partial charge in [-0.25, -0.2) is 0 Å². The molecule has 0 spiro atoms. The van der Waals surface area contributed by atoms with Crippen molar-refractivity contribution in [2.45, 2.75) is 44.2 Å². The molecule has 19 heavy (non-hydrogen) atoms. The van der Waals surface area contributed by atoms with Gasteiger partial charge in [0.05, 0.1) is 12.1 Å². The number of hydrogen-bond donors (Lipinski definition) is 2. The maximum atomic E-state index is 12.2. The summed E-state index contributed by atoms with van der Waals surface area (Å²) in [6, 6.07) is 5.32. The minimum Gasteiger partial charge on any atom is -0.391 e. The Hall–Kier alpha value is -0.390. The Labute approximate surface area is 130 Å². The Morgan fingerprint density at radius 3 is 2.42 bits per heavy atom. The van der Waals surface area contributed by atoms with Crippen LogP contribution in [-0.2, 0) is 0 Å². The summed E-state index contributed by atoms with van der Waals surface area (Å²) < 4.78 is 1.71. The maximum absolute atomic E-state index is 12.2. The molecule has 0 heterocycles. The van der Waals surface area contributed by atoms with Gasteiger partial charge in [0.1, 0.15) is 0 Å². The molecule has 1 fully saturated rings. The molecular formula is C14H17Br2NO2. The van der Waals surface area contributed by atoms with Crippen LogP contribution in [0.15, 0.2) is 27.1 Å². The topological polar surface area (TPSA) is 49.3 Å². The van der Waals surface area contributed by atoms with Crippen molar-refractivity contribution in [2.24, 2.45) is 0 Å². The van der Waals surface area contributed by atoms with Crippen LogP contribution in [0, 0.1) is 0 Å². The maximum Gasteiger partial charge on any atom is 0.251 e. The molecule has 2 N–H and O–H groups in total. The number of benzene rings is 1. The van der Waals surface area contributed by atoms with Gasteiger partial charge in [0.15, 0.2) is 0 Å². The molecular weight excluding hydrogens is 374 g/mol. The molecule has 3 nitrogen and oxygen atoms in total. The zero-order valence-electron chi connectivity index (χ0n) is 10.5. The number of carbonyl (C=O) groups excluding carboxylic acids is 1. The average Bonchev–Trinajstić information content (AvgIpc) is 2.54. The number of amides is 1. The highest BCUT2D eigenvalue weighted by Gasteiger charge is 2.23. The first-order valence-corrected chi connectivity index (χ1v) is 8.10. The fourth-order valence-electron chi connectivity index (χ4n) is 2.39. The predicted octanol–water partition coefficient (Wildman–Crippen LogP) is 3.64. The van der Waals surface area contributed by atoms with Crippen molar-refractivity contribution in [1.29, 1.82) is 0 Å². The molecule has 0 radical (unpaired) electrons. The van der Waals surface area contributed by atoms with E-state index in [1.165, 1.54) is 0 Å². The number of nitrogens with one attached hydrogen (secondary N) is 1. The van der Waals surface area contributed by atoms with Gasteiger partial charge in [0, 0.05) is 14.5 Å². The van der Waals surface area contributed by atoms with Gasteiger partial charge in [-0.2, -0.15) is 0 Å². The number of halogens is 2. The van der Waals surface area contributed by atoms with Gasteiger partial charge in [0.25, 0.3) is 5.91 Å². The van der Waals surface area contributed by atoms with Crippen molar-refractivity contribution in [3.05, 3.63) is 32.7 Å². The first-order valence-electron chi connectivity index (χ1n) is 6.51. The van der Waals surface area contributed by atoms with E-state index in [2.05, 4.69) is 37.2 Å². The van der Waals surface area contributed by atoms with E-state index in [1.54, 1.807) is 12.1 Å². The fourth-order valence-corrected chi connectivity index (χ4v) is 3.69. The lowest BCUT2D eigenvalue weighted by molar-refractivity contribution is 0.0818. The monoisotopic (exact) mass is 389 g/mol. The predicted molar refractivity (Wildman–Crippen MR) is 82.2 cm³/mol. The highest BCUT2D eigenvalue weighted by atomic mass is 79.9. The van der Waals surface area contributed by atoms with Gasteiger partial charge >= 0.3 is 0 Å². The molecule has 1 aromatic carbocycles. The molecule has 1 saturated carbocycles. The van der Waals surface area contributed by atoms with Crippen LogP contribution in [0.4, 0.5) is 0 Å². The van der Waals surface area contributed by atoms with Crippen LogP contribution in [0.2, 0.25) is 0 Å². The number of aliphatic hydroxyl groups is 1. The van der Waals surface area contributed by atoms with Crippen molar-refractivity contribution in [3.63, 3.8) is 0 Å². The quantitative estimate of drug-likeness (QED) is 0.757. The van der Waals surface area contributed by atoms with Gasteiger partial charge in [0.2, 0.25) is 0 Å². The van der Waals surface area contributed by atoms with Crippen LogP contribution in [-0.4, -0.2) is 23.2 Å². The third kappa shape index (κ3) is 4.29. The van der Waals surface area contributed by atoms with E-state index in [1.807, 2.05) is 6.07 Å². The van der Waals surface area contributed by atoms with E-state index < -0.39 is 6.10 Å². The fraction of sp³-hybridized carbons (Fsp3) is 0.500. The summed E-state index contributed by atoms with van der Waals surface area (Å²) >= 11 is 6.74. The molecule has 0 aromatic heterocycles. The van der Waals surface area contributed by atoms with E-state index in [9.17, 15) is 9.90 Å². The smallest absolute Gasteiger partial charge is 0.251 e. The number of carbonyl (C=O) groups is 1. The lowest BCUT2D eigenvalue weighted by Crippen LogP contribution is -2.42. The molecule has 1 aliphatic rings. The normalized spacial score (nSPS) is 23.7. The van der Waals surface area contributed by atoms with Crippen LogP contribution in [0.5, 0.6) is 0 Å².